The number of hydrogen-bond acceptors (Lipinski definition) is 7. The number of sulfonamides is 1. The van der Waals surface area contributed by atoms with E-state index in [9.17, 15) is 21.6 Å². The number of hydrogen-bond donors (Lipinski definition) is 1. The first-order chi connectivity index (χ1) is 18.1. The van der Waals surface area contributed by atoms with E-state index in [0.717, 1.165) is 32.1 Å². The van der Waals surface area contributed by atoms with Gasteiger partial charge in [-0.25, -0.2) is 23.4 Å². The number of rotatable bonds is 7. The number of benzene rings is 2. The van der Waals surface area contributed by atoms with Crippen LogP contribution in [0.4, 0.5) is 24.8 Å². The maximum atomic E-state index is 14.2. The molecule has 2 aromatic carbocycles. The standard InChI is InChI=1S/C25H21ClF3N5O3S/c26-17-7-1-4-10-20(17)38(35,36)33-23-24(32-19-9-3-2-8-18(19)31-23)37-22(25(27,28)29)16-11-12-21(30-15-16)34-13-5-6-14-34/h1-4,7-12,15,22H,5-6,13-14H2,(H,31,33). The van der Waals surface area contributed by atoms with E-state index in [4.69, 9.17) is 16.3 Å². The topological polar surface area (TPSA) is 97.3 Å². The van der Waals surface area contributed by atoms with E-state index in [0.29, 0.717) is 5.82 Å². The van der Waals surface area contributed by atoms with E-state index in [2.05, 4.69) is 19.7 Å². The molecule has 1 N–H and O–H groups in total. The number of nitrogens with one attached hydrogen (secondary N) is 1. The van der Waals surface area contributed by atoms with E-state index in [-0.39, 0.29) is 26.5 Å². The summed E-state index contributed by atoms with van der Waals surface area (Å²) in [5, 5.41) is -0.0754. The first kappa shape index (κ1) is 26.0. The zero-order valence-electron chi connectivity index (χ0n) is 19.7. The fourth-order valence-corrected chi connectivity index (χ4v) is 5.62. The maximum Gasteiger partial charge on any atom is 0.429 e. The number of alkyl halides is 3. The molecular formula is C25H21ClF3N5O3S. The zero-order chi connectivity index (χ0) is 26.9. The zero-order valence-corrected chi connectivity index (χ0v) is 21.3. The van der Waals surface area contributed by atoms with Crippen molar-refractivity contribution in [3.63, 3.8) is 0 Å². The van der Waals surface area contributed by atoms with Gasteiger partial charge < -0.3 is 9.64 Å². The van der Waals surface area contributed by atoms with Gasteiger partial charge in [-0.1, -0.05) is 35.9 Å². The summed E-state index contributed by atoms with van der Waals surface area (Å²) in [6.45, 7) is 1.57. The first-order valence-electron chi connectivity index (χ1n) is 11.6. The lowest BCUT2D eigenvalue weighted by Crippen LogP contribution is -2.28. The number of pyridine rings is 1. The highest BCUT2D eigenvalue weighted by Crippen LogP contribution is 2.39. The first-order valence-corrected chi connectivity index (χ1v) is 13.5. The van der Waals surface area contributed by atoms with E-state index in [1.165, 1.54) is 36.4 Å². The lowest BCUT2D eigenvalue weighted by molar-refractivity contribution is -0.198. The Kier molecular flexibility index (Phi) is 7.01. The molecule has 1 unspecified atom stereocenters. The molecule has 0 radical (unpaired) electrons. The van der Waals surface area contributed by atoms with Gasteiger partial charge in [0.2, 0.25) is 11.9 Å². The van der Waals surface area contributed by atoms with Crippen molar-refractivity contribution in [3.05, 3.63) is 77.4 Å². The molecule has 3 heterocycles. The van der Waals surface area contributed by atoms with Gasteiger partial charge in [-0.3, -0.25) is 4.72 Å². The minimum atomic E-state index is -4.87. The quantitative estimate of drug-likeness (QED) is 0.305. The molecule has 0 spiro atoms. The molecular weight excluding hydrogens is 543 g/mol. The molecule has 0 aliphatic carbocycles. The van der Waals surface area contributed by atoms with Crippen molar-refractivity contribution in [1.29, 1.82) is 0 Å². The SMILES string of the molecule is O=S(=O)(Nc1nc2ccccc2nc1OC(c1ccc(N2CCCC2)nc1)C(F)(F)F)c1ccccc1Cl. The van der Waals surface area contributed by atoms with Crippen LogP contribution in [0, 0.1) is 0 Å². The summed E-state index contributed by atoms with van der Waals surface area (Å²) in [6.07, 6.45) is -4.27. The van der Waals surface area contributed by atoms with E-state index >= 15 is 0 Å². The van der Waals surface area contributed by atoms with E-state index in [1.807, 2.05) is 4.90 Å². The van der Waals surface area contributed by atoms with Crippen LogP contribution in [0.2, 0.25) is 5.02 Å². The molecule has 5 rings (SSSR count). The summed E-state index contributed by atoms with van der Waals surface area (Å²) in [7, 11) is -4.35. The van der Waals surface area contributed by atoms with Crippen molar-refractivity contribution in [2.45, 2.75) is 30.0 Å². The van der Waals surface area contributed by atoms with Crippen LogP contribution in [0.15, 0.2) is 71.8 Å². The van der Waals surface area contributed by atoms with E-state index in [1.54, 1.807) is 24.3 Å². The van der Waals surface area contributed by atoms with Crippen molar-refractivity contribution in [3.8, 4) is 5.88 Å². The van der Waals surface area contributed by atoms with Crippen LogP contribution >= 0.6 is 11.6 Å². The van der Waals surface area contributed by atoms with Gasteiger partial charge in [0.15, 0.2) is 0 Å². The van der Waals surface area contributed by atoms with Crippen molar-refractivity contribution in [2.24, 2.45) is 0 Å². The monoisotopic (exact) mass is 563 g/mol. The number of halogens is 4. The number of anilines is 2. The third-order valence-corrected chi connectivity index (χ3v) is 7.76. The minimum Gasteiger partial charge on any atom is -0.457 e. The van der Waals surface area contributed by atoms with Crippen molar-refractivity contribution >= 4 is 44.3 Å². The van der Waals surface area contributed by atoms with Crippen LogP contribution < -0.4 is 14.4 Å². The highest BCUT2D eigenvalue weighted by atomic mass is 35.5. The molecule has 0 bridgehead atoms. The lowest BCUT2D eigenvalue weighted by atomic mass is 10.1. The smallest absolute Gasteiger partial charge is 0.429 e. The molecule has 2 aromatic heterocycles. The van der Waals surface area contributed by atoms with Crippen LogP contribution in [0.25, 0.3) is 11.0 Å². The maximum absolute atomic E-state index is 14.2. The Labute approximate surface area is 221 Å². The minimum absolute atomic E-state index is 0.0754. The van der Waals surface area contributed by atoms with Crippen LogP contribution in [-0.4, -0.2) is 42.6 Å². The average Bonchev–Trinajstić information content (AvgIpc) is 3.42. The third kappa shape index (κ3) is 5.46. The summed E-state index contributed by atoms with van der Waals surface area (Å²) in [5.41, 5.74) is 0.193. The van der Waals surface area contributed by atoms with Gasteiger partial charge in [0.1, 0.15) is 10.7 Å². The Bertz CT molecular complexity index is 1560. The van der Waals surface area contributed by atoms with Gasteiger partial charge in [0.25, 0.3) is 15.9 Å². The second-order valence-electron chi connectivity index (χ2n) is 8.59. The predicted octanol–water partition coefficient (Wildman–Crippen LogP) is 5.76. The van der Waals surface area contributed by atoms with Gasteiger partial charge in [-0.2, -0.15) is 13.2 Å². The molecule has 4 aromatic rings. The Morgan fingerprint density at radius 1 is 0.947 bits per heavy atom. The van der Waals surface area contributed by atoms with Gasteiger partial charge in [0.05, 0.1) is 16.1 Å². The molecule has 1 aliphatic rings. The summed E-state index contributed by atoms with van der Waals surface area (Å²) in [5.74, 6) is -0.587. The Morgan fingerprint density at radius 3 is 2.24 bits per heavy atom. The van der Waals surface area contributed by atoms with Crippen LogP contribution in [-0.2, 0) is 10.0 Å². The summed E-state index contributed by atoms with van der Waals surface area (Å²) >= 11 is 6.05. The summed E-state index contributed by atoms with van der Waals surface area (Å²) in [4.78, 5) is 14.3. The predicted molar refractivity (Wildman–Crippen MR) is 137 cm³/mol. The van der Waals surface area contributed by atoms with Crippen molar-refractivity contribution < 1.29 is 26.3 Å². The number of aromatic nitrogens is 3. The largest absolute Gasteiger partial charge is 0.457 e. The van der Waals surface area contributed by atoms with Crippen LogP contribution in [0.5, 0.6) is 5.88 Å². The van der Waals surface area contributed by atoms with Gasteiger partial charge >= 0.3 is 6.18 Å². The average molecular weight is 564 g/mol. The highest BCUT2D eigenvalue weighted by molar-refractivity contribution is 7.92. The third-order valence-electron chi connectivity index (χ3n) is 5.93. The van der Waals surface area contributed by atoms with Gasteiger partial charge in [-0.15, -0.1) is 0 Å². The molecule has 38 heavy (non-hydrogen) atoms. The molecule has 8 nitrogen and oxygen atoms in total. The molecule has 0 saturated carbocycles. The second-order valence-corrected chi connectivity index (χ2v) is 10.6. The number of ether oxygens (including phenoxy) is 1. The second kappa shape index (κ2) is 10.3. The molecule has 13 heteroatoms. The fourth-order valence-electron chi connectivity index (χ4n) is 4.10. The lowest BCUT2D eigenvalue weighted by Gasteiger charge is -2.23. The Hall–Kier alpha value is -3.64. The van der Waals surface area contributed by atoms with Gasteiger partial charge in [0, 0.05) is 24.8 Å². The van der Waals surface area contributed by atoms with Crippen molar-refractivity contribution in [2.75, 3.05) is 22.7 Å². The van der Waals surface area contributed by atoms with E-state index < -0.39 is 34.0 Å². The van der Waals surface area contributed by atoms with Gasteiger partial charge in [-0.05, 0) is 49.2 Å². The van der Waals surface area contributed by atoms with Crippen LogP contribution in [0.3, 0.4) is 0 Å². The number of nitrogens with zero attached hydrogens (tertiary/aromatic N) is 4. The molecule has 1 aliphatic heterocycles. The molecule has 198 valence electrons. The van der Waals surface area contributed by atoms with Crippen molar-refractivity contribution in [1.82, 2.24) is 15.0 Å². The molecule has 1 atom stereocenters. The fraction of sp³-hybridized carbons (Fsp3) is 0.240. The molecule has 1 fully saturated rings. The highest BCUT2D eigenvalue weighted by Gasteiger charge is 2.44. The number of para-hydroxylation sites is 2. The number of fused-ring (bicyclic) bond motifs is 1. The summed E-state index contributed by atoms with van der Waals surface area (Å²) in [6, 6.07) is 14.8. The molecule has 0 amide bonds. The Morgan fingerprint density at radius 2 is 1.61 bits per heavy atom. The van der Waals surface area contributed by atoms with Crippen LogP contribution in [0.1, 0.15) is 24.5 Å². The Balaban J connectivity index is 1.54. The summed E-state index contributed by atoms with van der Waals surface area (Å²) < 4.78 is 76.4. The normalized spacial score (nSPS) is 15.0. The molecule has 1 saturated heterocycles.